The van der Waals surface area contributed by atoms with Crippen LogP contribution in [-0.4, -0.2) is 46.2 Å². The minimum atomic E-state index is -4.46. The minimum absolute atomic E-state index is 0.222. The predicted molar refractivity (Wildman–Crippen MR) is 59.3 cm³/mol. The quantitative estimate of drug-likeness (QED) is 0.898. The number of carbonyl (C=O) groups is 2. The molecule has 1 fully saturated rings. The Hall–Kier alpha value is -1.71. The van der Waals surface area contributed by atoms with Gasteiger partial charge in [-0.1, -0.05) is 11.3 Å². The van der Waals surface area contributed by atoms with E-state index in [0.29, 0.717) is 4.90 Å². The zero-order chi connectivity index (χ0) is 14.0. The van der Waals surface area contributed by atoms with Gasteiger partial charge in [0.05, 0.1) is 5.92 Å². The smallest absolute Gasteiger partial charge is 0.333 e. The number of rotatable bonds is 3. The highest BCUT2D eigenvalue weighted by atomic mass is 32.1. The molecule has 19 heavy (non-hydrogen) atoms. The van der Waals surface area contributed by atoms with Crippen LogP contribution < -0.4 is 5.32 Å². The summed E-state index contributed by atoms with van der Waals surface area (Å²) < 4.78 is 36.6. The summed E-state index contributed by atoms with van der Waals surface area (Å²) in [6, 6.07) is 0. The highest BCUT2D eigenvalue weighted by Gasteiger charge is 2.40. The maximum Gasteiger partial charge on any atom is 0.406 e. The van der Waals surface area contributed by atoms with E-state index in [1.807, 2.05) is 0 Å². The third-order valence-corrected chi connectivity index (χ3v) is 3.15. The molecule has 6 nitrogen and oxygen atoms in total. The number of aromatic nitrogens is 2. The highest BCUT2D eigenvalue weighted by molar-refractivity contribution is 7.13. The topological polar surface area (TPSA) is 75.2 Å². The second-order valence-electron chi connectivity index (χ2n) is 4.02. The molecule has 2 amide bonds. The van der Waals surface area contributed by atoms with Crippen molar-refractivity contribution in [3.8, 4) is 0 Å². The Balaban J connectivity index is 1.93. The number of nitrogens with one attached hydrogen (secondary N) is 1. The van der Waals surface area contributed by atoms with E-state index in [-0.39, 0.29) is 18.1 Å². The van der Waals surface area contributed by atoms with E-state index in [1.54, 1.807) is 0 Å². The van der Waals surface area contributed by atoms with Crippen LogP contribution in [0.1, 0.15) is 6.42 Å². The summed E-state index contributed by atoms with van der Waals surface area (Å²) in [6.45, 7) is -1.56. The Kier molecular flexibility index (Phi) is 3.69. The number of hydrogen-bond donors (Lipinski definition) is 1. The molecule has 0 aromatic carbocycles. The number of hydrogen-bond acceptors (Lipinski definition) is 5. The summed E-state index contributed by atoms with van der Waals surface area (Å²) in [5.74, 6) is -1.98. The Morgan fingerprint density at radius 3 is 2.89 bits per heavy atom. The molecule has 1 aliphatic rings. The van der Waals surface area contributed by atoms with E-state index in [9.17, 15) is 22.8 Å². The van der Waals surface area contributed by atoms with E-state index < -0.39 is 30.5 Å². The second-order valence-corrected chi connectivity index (χ2v) is 4.86. The molecule has 0 spiro atoms. The first-order valence-corrected chi connectivity index (χ1v) is 6.14. The normalized spacial score (nSPS) is 19.8. The van der Waals surface area contributed by atoms with Crippen molar-refractivity contribution in [1.82, 2.24) is 15.1 Å². The SMILES string of the molecule is O=C(Nc1nncs1)[C@H]1CC(=O)N(CC(F)(F)F)C1. The minimum Gasteiger partial charge on any atom is -0.333 e. The lowest BCUT2D eigenvalue weighted by atomic mass is 10.1. The molecule has 0 aliphatic carbocycles. The van der Waals surface area contributed by atoms with Gasteiger partial charge in [-0.25, -0.2) is 0 Å². The molecule has 1 aliphatic heterocycles. The van der Waals surface area contributed by atoms with Crippen LogP contribution >= 0.6 is 11.3 Å². The van der Waals surface area contributed by atoms with E-state index in [0.717, 1.165) is 11.3 Å². The molecular formula is C9H9F3N4O2S. The fraction of sp³-hybridized carbons (Fsp3) is 0.556. The van der Waals surface area contributed by atoms with Crippen LogP contribution in [0, 0.1) is 5.92 Å². The zero-order valence-corrected chi connectivity index (χ0v) is 10.3. The van der Waals surface area contributed by atoms with Gasteiger partial charge >= 0.3 is 6.18 Å². The van der Waals surface area contributed by atoms with Gasteiger partial charge in [0.2, 0.25) is 16.9 Å². The second kappa shape index (κ2) is 5.11. The Morgan fingerprint density at radius 2 is 2.32 bits per heavy atom. The monoisotopic (exact) mass is 294 g/mol. The van der Waals surface area contributed by atoms with Crippen molar-refractivity contribution in [1.29, 1.82) is 0 Å². The molecule has 1 saturated heterocycles. The predicted octanol–water partition coefficient (Wildman–Crippen LogP) is 0.887. The van der Waals surface area contributed by atoms with Gasteiger partial charge in [0, 0.05) is 13.0 Å². The number of likely N-dealkylation sites (tertiary alicyclic amines) is 1. The molecule has 0 radical (unpaired) electrons. The van der Waals surface area contributed by atoms with Crippen molar-refractivity contribution in [2.24, 2.45) is 5.92 Å². The Bertz CT molecular complexity index is 476. The standard InChI is InChI=1S/C9H9F3N4O2S/c10-9(11,12)3-16-2-5(1-6(16)17)7(18)14-8-15-13-4-19-8/h4-5H,1-3H2,(H,14,15,18)/t5-/m0/s1. The zero-order valence-electron chi connectivity index (χ0n) is 9.48. The van der Waals surface area contributed by atoms with E-state index in [4.69, 9.17) is 0 Å². The van der Waals surface area contributed by atoms with Crippen LogP contribution in [0.15, 0.2) is 5.51 Å². The molecule has 0 bridgehead atoms. The van der Waals surface area contributed by atoms with Gasteiger partial charge in [-0.05, 0) is 0 Å². The van der Waals surface area contributed by atoms with Crippen molar-refractivity contribution >= 4 is 28.3 Å². The molecule has 10 heteroatoms. The third-order valence-electron chi connectivity index (χ3n) is 2.55. The van der Waals surface area contributed by atoms with Gasteiger partial charge in [0.25, 0.3) is 0 Å². The Labute approximate surface area is 109 Å². The fourth-order valence-corrected chi connectivity index (χ4v) is 2.20. The lowest BCUT2D eigenvalue weighted by molar-refractivity contribution is -0.157. The van der Waals surface area contributed by atoms with Crippen molar-refractivity contribution in [2.75, 3.05) is 18.4 Å². The summed E-state index contributed by atoms with van der Waals surface area (Å²) >= 11 is 1.09. The summed E-state index contributed by atoms with van der Waals surface area (Å²) in [6.07, 6.45) is -4.68. The largest absolute Gasteiger partial charge is 0.406 e. The number of anilines is 1. The molecular weight excluding hydrogens is 285 g/mol. The molecule has 1 atom stereocenters. The third kappa shape index (κ3) is 3.63. The van der Waals surface area contributed by atoms with Gasteiger partial charge in [-0.3, -0.25) is 9.59 Å². The summed E-state index contributed by atoms with van der Waals surface area (Å²) in [4.78, 5) is 23.8. The molecule has 1 aromatic heterocycles. The van der Waals surface area contributed by atoms with Crippen LogP contribution in [0.2, 0.25) is 0 Å². The van der Waals surface area contributed by atoms with Gasteiger partial charge in [0.1, 0.15) is 12.1 Å². The lowest BCUT2D eigenvalue weighted by Gasteiger charge is -2.18. The molecule has 1 N–H and O–H groups in total. The van der Waals surface area contributed by atoms with E-state index in [2.05, 4.69) is 15.5 Å². The fourth-order valence-electron chi connectivity index (χ4n) is 1.75. The Morgan fingerprint density at radius 1 is 1.58 bits per heavy atom. The van der Waals surface area contributed by atoms with Crippen molar-refractivity contribution in [2.45, 2.75) is 12.6 Å². The van der Waals surface area contributed by atoms with Gasteiger partial charge in [0.15, 0.2) is 0 Å². The van der Waals surface area contributed by atoms with Gasteiger partial charge in [-0.15, -0.1) is 10.2 Å². The van der Waals surface area contributed by atoms with Crippen molar-refractivity contribution in [3.63, 3.8) is 0 Å². The number of carbonyl (C=O) groups excluding carboxylic acids is 2. The molecule has 104 valence electrons. The van der Waals surface area contributed by atoms with Gasteiger partial charge in [-0.2, -0.15) is 13.2 Å². The summed E-state index contributed by atoms with van der Waals surface area (Å²) in [5, 5.41) is 9.76. The summed E-state index contributed by atoms with van der Waals surface area (Å²) in [5.41, 5.74) is 1.41. The van der Waals surface area contributed by atoms with E-state index >= 15 is 0 Å². The van der Waals surface area contributed by atoms with Crippen molar-refractivity contribution < 1.29 is 22.8 Å². The van der Waals surface area contributed by atoms with Crippen LogP contribution in [0.25, 0.3) is 0 Å². The number of nitrogens with zero attached hydrogens (tertiary/aromatic N) is 3. The maximum atomic E-state index is 12.2. The first-order chi connectivity index (χ1) is 8.85. The lowest BCUT2D eigenvalue weighted by Crippen LogP contribution is -2.36. The number of halogens is 3. The molecule has 2 heterocycles. The van der Waals surface area contributed by atoms with Crippen molar-refractivity contribution in [3.05, 3.63) is 5.51 Å². The van der Waals surface area contributed by atoms with Crippen LogP contribution in [0.5, 0.6) is 0 Å². The molecule has 0 saturated carbocycles. The molecule has 1 aromatic rings. The van der Waals surface area contributed by atoms with Crippen LogP contribution in [0.4, 0.5) is 18.3 Å². The van der Waals surface area contributed by atoms with E-state index in [1.165, 1.54) is 5.51 Å². The highest BCUT2D eigenvalue weighted by Crippen LogP contribution is 2.24. The van der Waals surface area contributed by atoms with Crippen LogP contribution in [0.3, 0.4) is 0 Å². The molecule has 0 unspecified atom stereocenters. The maximum absolute atomic E-state index is 12.2. The average molecular weight is 294 g/mol. The first kappa shape index (κ1) is 13.7. The van der Waals surface area contributed by atoms with Crippen LogP contribution in [-0.2, 0) is 9.59 Å². The summed E-state index contributed by atoms with van der Waals surface area (Å²) in [7, 11) is 0. The molecule has 2 rings (SSSR count). The number of alkyl halides is 3. The number of amides is 2. The van der Waals surface area contributed by atoms with Gasteiger partial charge < -0.3 is 10.2 Å². The first-order valence-electron chi connectivity index (χ1n) is 5.27. The average Bonchev–Trinajstić information content (AvgIpc) is 2.88.